The number of sulfonamides is 1. The van der Waals surface area contributed by atoms with Crippen LogP contribution in [-0.4, -0.2) is 27.7 Å². The van der Waals surface area contributed by atoms with Gasteiger partial charge in [-0.3, -0.25) is 4.72 Å². The van der Waals surface area contributed by atoms with Gasteiger partial charge in [0.2, 0.25) is 0 Å². The maximum atomic E-state index is 12.9. The lowest BCUT2D eigenvalue weighted by molar-refractivity contribution is 0.415. The fourth-order valence-electron chi connectivity index (χ4n) is 2.73. The molecule has 0 spiro atoms. The van der Waals surface area contributed by atoms with Gasteiger partial charge in [-0.25, -0.2) is 8.42 Å². The minimum absolute atomic E-state index is 0.0227. The number of halogens is 1. The Morgan fingerprint density at radius 2 is 1.61 bits per heavy atom. The lowest BCUT2D eigenvalue weighted by Gasteiger charge is -2.16. The van der Waals surface area contributed by atoms with E-state index < -0.39 is 10.0 Å². The lowest BCUT2D eigenvalue weighted by Crippen LogP contribution is -2.20. The van der Waals surface area contributed by atoms with E-state index in [-0.39, 0.29) is 4.90 Å². The zero-order chi connectivity index (χ0) is 22.4. The molecule has 0 aliphatic rings. The van der Waals surface area contributed by atoms with Crippen LogP contribution in [0.3, 0.4) is 0 Å². The molecule has 0 saturated heterocycles. The first-order valence-corrected chi connectivity index (χ1v) is 11.3. The molecule has 0 aliphatic carbocycles. The van der Waals surface area contributed by atoms with Gasteiger partial charge >= 0.3 is 0 Å². The van der Waals surface area contributed by atoms with E-state index >= 15 is 0 Å². The number of anilines is 3. The Morgan fingerprint density at radius 3 is 2.32 bits per heavy atom. The van der Waals surface area contributed by atoms with Gasteiger partial charge in [0.1, 0.15) is 11.5 Å². The van der Waals surface area contributed by atoms with Crippen molar-refractivity contribution in [1.29, 1.82) is 0 Å². The van der Waals surface area contributed by atoms with Crippen molar-refractivity contribution in [3.63, 3.8) is 0 Å². The number of methoxy groups -OCH3 is 2. The van der Waals surface area contributed by atoms with E-state index in [1.807, 2.05) is 6.07 Å². The summed E-state index contributed by atoms with van der Waals surface area (Å²) in [6, 6.07) is 18.3. The summed E-state index contributed by atoms with van der Waals surface area (Å²) in [5.74, 6) is 0.715. The topological polar surface area (TPSA) is 88.7 Å². The van der Waals surface area contributed by atoms with Crippen molar-refractivity contribution in [3.8, 4) is 11.5 Å². The highest BCUT2D eigenvalue weighted by Crippen LogP contribution is 2.31. The first-order valence-electron chi connectivity index (χ1n) is 9.00. The van der Waals surface area contributed by atoms with Crippen molar-refractivity contribution in [1.82, 2.24) is 0 Å². The normalized spacial score (nSPS) is 10.8. The molecule has 0 aromatic heterocycles. The highest BCUT2D eigenvalue weighted by molar-refractivity contribution is 7.92. The van der Waals surface area contributed by atoms with E-state index in [1.54, 1.807) is 48.5 Å². The second-order valence-electron chi connectivity index (χ2n) is 6.26. The summed E-state index contributed by atoms with van der Waals surface area (Å²) >= 11 is 11.3. The summed E-state index contributed by atoms with van der Waals surface area (Å²) < 4.78 is 38.8. The van der Waals surface area contributed by atoms with Crippen molar-refractivity contribution < 1.29 is 17.9 Å². The van der Waals surface area contributed by atoms with Crippen LogP contribution in [0.4, 0.5) is 17.1 Å². The molecule has 0 fully saturated rings. The number of ether oxygens (including phenoxy) is 2. The van der Waals surface area contributed by atoms with Crippen molar-refractivity contribution in [3.05, 3.63) is 71.8 Å². The molecule has 31 heavy (non-hydrogen) atoms. The maximum Gasteiger partial charge on any atom is 0.262 e. The van der Waals surface area contributed by atoms with E-state index in [1.165, 1.54) is 26.4 Å². The molecule has 3 aromatic carbocycles. The largest absolute Gasteiger partial charge is 0.495 e. The molecule has 0 heterocycles. The van der Waals surface area contributed by atoms with Gasteiger partial charge < -0.3 is 20.1 Å². The predicted octanol–water partition coefficient (Wildman–Crippen LogP) is 4.97. The second-order valence-corrected chi connectivity index (χ2v) is 8.78. The van der Waals surface area contributed by atoms with Gasteiger partial charge in [0.25, 0.3) is 10.0 Å². The molecule has 162 valence electrons. The van der Waals surface area contributed by atoms with Crippen LogP contribution in [-0.2, 0) is 10.0 Å². The van der Waals surface area contributed by atoms with E-state index in [2.05, 4.69) is 15.4 Å². The molecule has 0 unspecified atom stereocenters. The third kappa shape index (κ3) is 5.78. The molecule has 0 aliphatic heterocycles. The quantitative estimate of drug-likeness (QED) is 0.414. The molecular formula is C21H20ClN3O4S2. The number of benzene rings is 3. The Bertz CT molecular complexity index is 1200. The highest BCUT2D eigenvalue weighted by atomic mass is 35.5. The van der Waals surface area contributed by atoms with Crippen LogP contribution in [0.25, 0.3) is 0 Å². The Labute approximate surface area is 191 Å². The standard InChI is InChI=1S/C21H20ClN3O4S2/c1-28-19-9-4-3-8-18(19)25-31(26,27)16-10-11-17(20(13-16)29-2)24-21(30)23-15-7-5-6-14(22)12-15/h3-13,25H,1-2H3,(H2,23,24,30). The number of thiocarbonyl (C=S) groups is 1. The minimum atomic E-state index is -3.88. The van der Waals surface area contributed by atoms with Gasteiger partial charge in [0, 0.05) is 16.8 Å². The molecule has 0 atom stereocenters. The van der Waals surface area contributed by atoms with Crippen molar-refractivity contribution >= 4 is 56.0 Å². The number of nitrogens with one attached hydrogen (secondary N) is 3. The van der Waals surface area contributed by atoms with Gasteiger partial charge in [0.05, 0.1) is 30.5 Å². The number of para-hydroxylation sites is 2. The smallest absolute Gasteiger partial charge is 0.262 e. The molecule has 0 radical (unpaired) electrons. The Kier molecular flexibility index (Phi) is 7.21. The Morgan fingerprint density at radius 1 is 0.871 bits per heavy atom. The zero-order valence-electron chi connectivity index (χ0n) is 16.7. The Hall–Kier alpha value is -3.01. The van der Waals surface area contributed by atoms with E-state index in [0.717, 1.165) is 0 Å². The van der Waals surface area contributed by atoms with Crippen molar-refractivity contribution in [2.45, 2.75) is 4.90 Å². The lowest BCUT2D eigenvalue weighted by atomic mass is 10.3. The van der Waals surface area contributed by atoms with Crippen LogP contribution in [0.1, 0.15) is 0 Å². The molecular weight excluding hydrogens is 458 g/mol. The molecule has 7 nitrogen and oxygen atoms in total. The first kappa shape index (κ1) is 22.7. The fourth-order valence-corrected chi connectivity index (χ4v) is 4.23. The average Bonchev–Trinajstić information content (AvgIpc) is 2.74. The van der Waals surface area contributed by atoms with E-state index in [4.69, 9.17) is 33.3 Å². The maximum absolute atomic E-state index is 12.9. The molecule has 0 saturated carbocycles. The molecule has 0 amide bonds. The van der Waals surface area contributed by atoms with E-state index in [0.29, 0.717) is 38.7 Å². The number of hydrogen-bond acceptors (Lipinski definition) is 5. The third-order valence-electron chi connectivity index (χ3n) is 4.17. The summed E-state index contributed by atoms with van der Waals surface area (Å²) in [4.78, 5) is 0.0227. The zero-order valence-corrected chi connectivity index (χ0v) is 19.1. The molecule has 3 N–H and O–H groups in total. The summed E-state index contributed by atoms with van der Waals surface area (Å²) in [5.41, 5.74) is 1.54. The molecule has 0 bridgehead atoms. The third-order valence-corrected chi connectivity index (χ3v) is 5.97. The SMILES string of the molecule is COc1cc(S(=O)(=O)Nc2ccccc2OC)ccc1NC(=S)Nc1cccc(Cl)c1. The fraction of sp³-hybridized carbons (Fsp3) is 0.0952. The molecule has 3 aromatic rings. The van der Waals surface area contributed by atoms with Gasteiger partial charge in [-0.15, -0.1) is 0 Å². The van der Waals surface area contributed by atoms with Gasteiger partial charge in [0.15, 0.2) is 5.11 Å². The summed E-state index contributed by atoms with van der Waals surface area (Å²) in [7, 11) is -0.966. The van der Waals surface area contributed by atoms with Crippen LogP contribution in [0.5, 0.6) is 11.5 Å². The summed E-state index contributed by atoms with van der Waals surface area (Å²) in [5, 5.41) is 6.87. The van der Waals surface area contributed by atoms with Crippen LogP contribution in [0.2, 0.25) is 5.02 Å². The summed E-state index contributed by atoms with van der Waals surface area (Å²) in [6.07, 6.45) is 0. The average molecular weight is 478 g/mol. The van der Waals surface area contributed by atoms with Gasteiger partial charge in [-0.1, -0.05) is 29.8 Å². The van der Waals surface area contributed by atoms with Gasteiger partial charge in [-0.2, -0.15) is 0 Å². The molecule has 10 heteroatoms. The second kappa shape index (κ2) is 9.86. The van der Waals surface area contributed by atoms with Crippen LogP contribution < -0.4 is 24.8 Å². The first-order chi connectivity index (χ1) is 14.8. The summed E-state index contributed by atoms with van der Waals surface area (Å²) in [6.45, 7) is 0. The highest BCUT2D eigenvalue weighted by Gasteiger charge is 2.19. The monoisotopic (exact) mass is 477 g/mol. The predicted molar refractivity (Wildman–Crippen MR) is 128 cm³/mol. The van der Waals surface area contributed by atoms with Crippen molar-refractivity contribution in [2.75, 3.05) is 29.6 Å². The van der Waals surface area contributed by atoms with E-state index in [9.17, 15) is 8.42 Å². The van der Waals surface area contributed by atoms with Crippen LogP contribution in [0.15, 0.2) is 71.6 Å². The number of hydrogen-bond donors (Lipinski definition) is 3. The number of rotatable bonds is 7. The van der Waals surface area contributed by atoms with Crippen LogP contribution >= 0.6 is 23.8 Å². The Balaban J connectivity index is 1.79. The van der Waals surface area contributed by atoms with Gasteiger partial charge in [-0.05, 0) is 54.7 Å². The minimum Gasteiger partial charge on any atom is -0.495 e. The molecule has 3 rings (SSSR count). The van der Waals surface area contributed by atoms with Crippen LogP contribution in [0, 0.1) is 0 Å². The van der Waals surface area contributed by atoms with Crippen molar-refractivity contribution in [2.24, 2.45) is 0 Å².